The number of amides is 1. The summed E-state index contributed by atoms with van der Waals surface area (Å²) in [5.74, 6) is 1.47. The van der Waals surface area contributed by atoms with Crippen molar-refractivity contribution in [2.24, 2.45) is 0 Å². The minimum Gasteiger partial charge on any atom is -0.484 e. The van der Waals surface area contributed by atoms with E-state index >= 15 is 0 Å². The number of rotatable bonds is 11. The molecule has 0 atom stereocenters. The maximum atomic E-state index is 12.9. The van der Waals surface area contributed by atoms with Crippen LogP contribution in [0.25, 0.3) is 11.0 Å². The van der Waals surface area contributed by atoms with E-state index < -0.39 is 0 Å². The molecule has 0 saturated heterocycles. The van der Waals surface area contributed by atoms with Crippen molar-refractivity contribution in [3.8, 4) is 5.75 Å². The van der Waals surface area contributed by atoms with Gasteiger partial charge in [0.2, 0.25) is 0 Å². The number of halogens is 1. The summed E-state index contributed by atoms with van der Waals surface area (Å²) < 4.78 is 20.0. The van der Waals surface area contributed by atoms with E-state index in [2.05, 4.69) is 39.5 Å². The Labute approximate surface area is 178 Å². The van der Waals surface area contributed by atoms with Gasteiger partial charge in [-0.15, -0.1) is 0 Å². The Kier molecular flexibility index (Phi) is 7.83. The van der Waals surface area contributed by atoms with Crippen molar-refractivity contribution in [2.75, 3.05) is 30.8 Å². The molecule has 3 rings (SSSR count). The Hall–Kier alpha value is -2.88. The Morgan fingerprint density at radius 2 is 2.00 bits per heavy atom. The minimum atomic E-state index is -0.351. The van der Waals surface area contributed by atoms with Gasteiger partial charge < -0.3 is 15.4 Å². The average molecular weight is 433 g/mol. The number of thioether (sulfide) groups is 1. The molecule has 1 amide bonds. The zero-order chi connectivity index (χ0) is 21.3. The highest BCUT2D eigenvalue weighted by molar-refractivity contribution is 7.99. The maximum Gasteiger partial charge on any atom is 0.258 e. The molecule has 0 saturated carbocycles. The van der Waals surface area contributed by atoms with E-state index in [1.807, 2.05) is 0 Å². The van der Waals surface area contributed by atoms with Gasteiger partial charge in [-0.05, 0) is 36.4 Å². The number of nitrogens with zero attached hydrogens (tertiary/aromatic N) is 4. The highest BCUT2D eigenvalue weighted by Crippen LogP contribution is 2.24. The van der Waals surface area contributed by atoms with E-state index in [1.54, 1.807) is 22.6 Å². The predicted molar refractivity (Wildman–Crippen MR) is 115 cm³/mol. The van der Waals surface area contributed by atoms with E-state index in [9.17, 15) is 9.18 Å². The fourth-order valence-corrected chi connectivity index (χ4v) is 3.27. The maximum absolute atomic E-state index is 12.9. The zero-order valence-corrected chi connectivity index (χ0v) is 17.8. The SMILES string of the molecule is CCCNc1nc(SCC)nc2c1cnn2CCNC(=O)COc1ccc(F)cc1. The van der Waals surface area contributed by atoms with E-state index in [1.165, 1.54) is 24.3 Å². The van der Waals surface area contributed by atoms with Crippen LogP contribution in [0.4, 0.5) is 10.2 Å². The van der Waals surface area contributed by atoms with Crippen molar-refractivity contribution in [3.63, 3.8) is 0 Å². The van der Waals surface area contributed by atoms with Crippen LogP contribution in [0.15, 0.2) is 35.6 Å². The van der Waals surface area contributed by atoms with Crippen LogP contribution >= 0.6 is 11.8 Å². The molecule has 0 aliphatic carbocycles. The molecule has 10 heteroatoms. The van der Waals surface area contributed by atoms with Crippen LogP contribution < -0.4 is 15.4 Å². The number of nitrogens with one attached hydrogen (secondary N) is 2. The molecule has 0 aliphatic heterocycles. The Balaban J connectivity index is 1.59. The second kappa shape index (κ2) is 10.8. The number of carbonyl (C=O) groups excluding carboxylic acids is 1. The average Bonchev–Trinajstić information content (AvgIpc) is 3.15. The van der Waals surface area contributed by atoms with Gasteiger partial charge in [0.1, 0.15) is 17.4 Å². The lowest BCUT2D eigenvalue weighted by molar-refractivity contribution is -0.123. The number of benzene rings is 1. The molecule has 160 valence electrons. The summed E-state index contributed by atoms with van der Waals surface area (Å²) in [4.78, 5) is 21.2. The van der Waals surface area contributed by atoms with Crippen LogP contribution in [0.2, 0.25) is 0 Å². The van der Waals surface area contributed by atoms with Gasteiger partial charge in [-0.2, -0.15) is 5.10 Å². The number of hydrogen-bond donors (Lipinski definition) is 2. The number of hydrogen-bond acceptors (Lipinski definition) is 7. The summed E-state index contributed by atoms with van der Waals surface area (Å²) in [7, 11) is 0. The van der Waals surface area contributed by atoms with Gasteiger partial charge >= 0.3 is 0 Å². The van der Waals surface area contributed by atoms with Gasteiger partial charge in [0.15, 0.2) is 17.4 Å². The smallest absolute Gasteiger partial charge is 0.258 e. The van der Waals surface area contributed by atoms with Gasteiger partial charge in [-0.3, -0.25) is 4.79 Å². The Morgan fingerprint density at radius 3 is 2.73 bits per heavy atom. The van der Waals surface area contributed by atoms with Crippen molar-refractivity contribution in [3.05, 3.63) is 36.3 Å². The van der Waals surface area contributed by atoms with Crippen molar-refractivity contribution < 1.29 is 13.9 Å². The fourth-order valence-electron chi connectivity index (χ4n) is 2.70. The number of carbonyl (C=O) groups is 1. The summed E-state index contributed by atoms with van der Waals surface area (Å²) >= 11 is 1.57. The largest absolute Gasteiger partial charge is 0.484 e. The van der Waals surface area contributed by atoms with Gasteiger partial charge in [0.25, 0.3) is 5.91 Å². The molecule has 2 N–H and O–H groups in total. The van der Waals surface area contributed by atoms with Crippen molar-refractivity contribution >= 4 is 34.5 Å². The molecule has 30 heavy (non-hydrogen) atoms. The van der Waals surface area contributed by atoms with Gasteiger partial charge in [-0.1, -0.05) is 25.6 Å². The molecule has 8 nitrogen and oxygen atoms in total. The molecule has 2 heterocycles. The van der Waals surface area contributed by atoms with Gasteiger partial charge in [0.05, 0.1) is 18.1 Å². The molecular formula is C20H25FN6O2S. The molecule has 0 aliphatic rings. The molecule has 0 radical (unpaired) electrons. The third kappa shape index (κ3) is 5.82. The molecule has 1 aromatic carbocycles. The molecular weight excluding hydrogens is 407 g/mol. The van der Waals surface area contributed by atoms with Crippen molar-refractivity contribution in [1.29, 1.82) is 0 Å². The molecule has 0 bridgehead atoms. The second-order valence-corrected chi connectivity index (χ2v) is 7.64. The lowest BCUT2D eigenvalue weighted by Gasteiger charge is -2.09. The summed E-state index contributed by atoms with van der Waals surface area (Å²) in [6.45, 7) is 5.66. The summed E-state index contributed by atoms with van der Waals surface area (Å²) in [6, 6.07) is 5.53. The number of fused-ring (bicyclic) bond motifs is 1. The standard InChI is InChI=1S/C20H25FN6O2S/c1-3-9-23-18-16-12-24-27(19(16)26-20(25-18)30-4-2)11-10-22-17(28)13-29-15-7-5-14(21)6-8-15/h5-8,12H,3-4,9-11,13H2,1-2H3,(H,22,28)(H,23,25,26). The highest BCUT2D eigenvalue weighted by Gasteiger charge is 2.13. The monoisotopic (exact) mass is 432 g/mol. The summed E-state index contributed by atoms with van der Waals surface area (Å²) in [5.41, 5.74) is 0.733. The van der Waals surface area contributed by atoms with Gasteiger partial charge in [0, 0.05) is 13.1 Å². The number of ether oxygens (including phenoxy) is 1. The second-order valence-electron chi connectivity index (χ2n) is 6.41. The van der Waals surface area contributed by atoms with Crippen molar-refractivity contribution in [2.45, 2.75) is 32.0 Å². The van der Waals surface area contributed by atoms with Crippen LogP contribution in [0.1, 0.15) is 20.3 Å². The van der Waals surface area contributed by atoms with E-state index in [4.69, 9.17) is 4.74 Å². The molecule has 0 unspecified atom stereocenters. The van der Waals surface area contributed by atoms with Crippen LogP contribution in [-0.4, -0.2) is 51.1 Å². The highest BCUT2D eigenvalue weighted by atomic mass is 32.2. The van der Waals surface area contributed by atoms with Crippen molar-refractivity contribution in [1.82, 2.24) is 25.1 Å². The zero-order valence-electron chi connectivity index (χ0n) is 17.0. The lowest BCUT2D eigenvalue weighted by atomic mass is 10.3. The quantitative estimate of drug-likeness (QED) is 0.355. The first-order chi connectivity index (χ1) is 14.6. The predicted octanol–water partition coefficient (Wildman–Crippen LogP) is 3.09. The Morgan fingerprint density at radius 1 is 1.20 bits per heavy atom. The first-order valence-corrected chi connectivity index (χ1v) is 10.8. The fraction of sp³-hybridized carbons (Fsp3) is 0.400. The topological polar surface area (TPSA) is 94.0 Å². The molecule has 2 aromatic heterocycles. The molecule has 0 fully saturated rings. The normalized spacial score (nSPS) is 10.9. The van der Waals surface area contributed by atoms with Crippen LogP contribution in [0, 0.1) is 5.82 Å². The number of anilines is 1. The lowest BCUT2D eigenvalue weighted by Crippen LogP contribution is -2.31. The van der Waals surface area contributed by atoms with Crippen LogP contribution in [0.3, 0.4) is 0 Å². The van der Waals surface area contributed by atoms with E-state index in [-0.39, 0.29) is 18.3 Å². The van der Waals surface area contributed by atoms with Crippen LogP contribution in [0.5, 0.6) is 5.75 Å². The third-order valence-corrected chi connectivity index (χ3v) is 4.85. The first-order valence-electron chi connectivity index (χ1n) is 9.86. The minimum absolute atomic E-state index is 0.143. The summed E-state index contributed by atoms with van der Waals surface area (Å²) in [6.07, 6.45) is 2.73. The van der Waals surface area contributed by atoms with Crippen LogP contribution in [-0.2, 0) is 11.3 Å². The first kappa shape index (κ1) is 21.8. The van der Waals surface area contributed by atoms with E-state index in [0.29, 0.717) is 24.0 Å². The molecule has 0 spiro atoms. The molecule has 3 aromatic rings. The summed E-state index contributed by atoms with van der Waals surface area (Å²) in [5, 5.41) is 12.1. The third-order valence-electron chi connectivity index (χ3n) is 4.12. The van der Waals surface area contributed by atoms with Gasteiger partial charge in [-0.25, -0.2) is 19.0 Å². The number of aromatic nitrogens is 4. The van der Waals surface area contributed by atoms with E-state index in [0.717, 1.165) is 35.6 Å². The Bertz CT molecular complexity index is 979.